The van der Waals surface area contributed by atoms with Gasteiger partial charge in [0.05, 0.1) is 24.5 Å². The predicted octanol–water partition coefficient (Wildman–Crippen LogP) is 6.26. The molecule has 1 aromatic carbocycles. The van der Waals surface area contributed by atoms with Crippen molar-refractivity contribution in [1.29, 1.82) is 0 Å². The average Bonchev–Trinajstić information content (AvgIpc) is 3.47. The van der Waals surface area contributed by atoms with Crippen molar-refractivity contribution in [2.45, 2.75) is 58.7 Å². The first-order valence-electron chi connectivity index (χ1n) is 13.3. The van der Waals surface area contributed by atoms with Gasteiger partial charge in [0.15, 0.2) is 11.0 Å². The number of fused-ring (bicyclic) bond motifs is 1. The molecule has 0 spiro atoms. The number of ether oxygens (including phenoxy) is 2. The summed E-state index contributed by atoms with van der Waals surface area (Å²) in [4.78, 5) is 27.0. The van der Waals surface area contributed by atoms with E-state index in [4.69, 9.17) is 9.47 Å². The van der Waals surface area contributed by atoms with E-state index < -0.39 is 0 Å². The monoisotopic (exact) mass is 568 g/mol. The summed E-state index contributed by atoms with van der Waals surface area (Å²) < 4.78 is 13.0. The molecule has 1 amide bonds. The quantitative estimate of drug-likeness (QED) is 0.157. The van der Waals surface area contributed by atoms with Crippen LogP contribution in [0.25, 0.3) is 11.4 Å². The number of carbonyl (C=O) groups excluding carboxylic acids is 2. The van der Waals surface area contributed by atoms with Crippen molar-refractivity contribution in [2.24, 2.45) is 11.8 Å². The maximum Gasteiger partial charge on any atom is 0.341 e. The normalized spacial score (nSPS) is 14.6. The lowest BCUT2D eigenvalue weighted by Crippen LogP contribution is -2.18. The van der Waals surface area contributed by atoms with Crippen molar-refractivity contribution in [2.75, 3.05) is 24.3 Å². The first kappa shape index (κ1) is 28.9. The summed E-state index contributed by atoms with van der Waals surface area (Å²) in [5.41, 5.74) is 2.44. The molecule has 10 heteroatoms. The Morgan fingerprint density at radius 1 is 1.28 bits per heavy atom. The molecule has 0 radical (unpaired) electrons. The van der Waals surface area contributed by atoms with Crippen molar-refractivity contribution in [3.8, 4) is 17.1 Å². The fraction of sp³-hybridized carbons (Fsp3) is 0.448. The van der Waals surface area contributed by atoms with Gasteiger partial charge in [-0.2, -0.15) is 0 Å². The van der Waals surface area contributed by atoms with Crippen LogP contribution in [0.5, 0.6) is 5.75 Å². The first-order valence-corrected chi connectivity index (χ1v) is 15.1. The van der Waals surface area contributed by atoms with Crippen LogP contribution in [0.2, 0.25) is 0 Å². The minimum absolute atomic E-state index is 0.124. The number of benzene rings is 1. The smallest absolute Gasteiger partial charge is 0.341 e. The minimum atomic E-state index is -0.372. The third kappa shape index (κ3) is 7.10. The average molecular weight is 569 g/mol. The zero-order chi connectivity index (χ0) is 27.9. The van der Waals surface area contributed by atoms with Gasteiger partial charge in [0.25, 0.3) is 0 Å². The number of amides is 1. The SMILES string of the molecule is C=CCn1c(SCC(=O)Nc2sc3c(c2C(=O)OCC)CCC(C)C3)nnc1-c1ccc(OCC(C)C)cc1. The zero-order valence-corrected chi connectivity index (χ0v) is 24.6. The number of carbonyl (C=O) groups is 2. The Morgan fingerprint density at radius 3 is 2.74 bits per heavy atom. The summed E-state index contributed by atoms with van der Waals surface area (Å²) in [5.74, 6) is 2.04. The molecule has 1 atom stereocenters. The fourth-order valence-corrected chi connectivity index (χ4v) is 6.58. The number of esters is 1. The van der Waals surface area contributed by atoms with Gasteiger partial charge in [-0.25, -0.2) is 4.79 Å². The Kier molecular flexibility index (Phi) is 9.85. The topological polar surface area (TPSA) is 95.3 Å². The van der Waals surface area contributed by atoms with Crippen LogP contribution in [0.1, 0.15) is 54.9 Å². The second-order valence-corrected chi connectivity index (χ2v) is 12.1. The number of aromatic nitrogens is 3. The number of allylic oxidation sites excluding steroid dienone is 1. The Bertz CT molecular complexity index is 1310. The van der Waals surface area contributed by atoms with Gasteiger partial charge < -0.3 is 14.8 Å². The van der Waals surface area contributed by atoms with E-state index in [1.54, 1.807) is 13.0 Å². The number of thiophene rings is 1. The lowest BCUT2D eigenvalue weighted by molar-refractivity contribution is -0.113. The molecule has 2 heterocycles. The van der Waals surface area contributed by atoms with Gasteiger partial charge in [-0.05, 0) is 67.9 Å². The molecule has 1 unspecified atom stereocenters. The van der Waals surface area contributed by atoms with Crippen LogP contribution in [0.4, 0.5) is 5.00 Å². The summed E-state index contributed by atoms with van der Waals surface area (Å²) in [6, 6.07) is 7.76. The number of nitrogens with zero attached hydrogens (tertiary/aromatic N) is 3. The maximum atomic E-state index is 13.0. The summed E-state index contributed by atoms with van der Waals surface area (Å²) in [5, 5.41) is 12.9. The highest BCUT2D eigenvalue weighted by Gasteiger charge is 2.29. The van der Waals surface area contributed by atoms with Gasteiger partial charge in [-0.3, -0.25) is 9.36 Å². The molecular weight excluding hydrogens is 532 g/mol. The van der Waals surface area contributed by atoms with Gasteiger partial charge in [0.1, 0.15) is 10.8 Å². The van der Waals surface area contributed by atoms with Crippen LogP contribution < -0.4 is 10.1 Å². The van der Waals surface area contributed by atoms with E-state index >= 15 is 0 Å². The summed E-state index contributed by atoms with van der Waals surface area (Å²) >= 11 is 2.79. The van der Waals surface area contributed by atoms with Crippen molar-refractivity contribution < 1.29 is 19.1 Å². The van der Waals surface area contributed by atoms with E-state index in [0.29, 0.717) is 46.5 Å². The highest BCUT2D eigenvalue weighted by Crippen LogP contribution is 2.40. The van der Waals surface area contributed by atoms with Crippen LogP contribution in [-0.4, -0.2) is 45.6 Å². The number of thioether (sulfide) groups is 1. The van der Waals surface area contributed by atoms with Crippen molar-refractivity contribution in [3.63, 3.8) is 0 Å². The fourth-order valence-electron chi connectivity index (χ4n) is 4.42. The molecule has 208 valence electrons. The van der Waals surface area contributed by atoms with Gasteiger partial charge in [0.2, 0.25) is 5.91 Å². The van der Waals surface area contributed by atoms with Crippen LogP contribution in [0, 0.1) is 11.8 Å². The number of rotatable bonds is 12. The molecule has 0 saturated heterocycles. The lowest BCUT2D eigenvalue weighted by atomic mass is 9.88. The van der Waals surface area contributed by atoms with Gasteiger partial charge in [0, 0.05) is 17.0 Å². The molecule has 3 aromatic rings. The summed E-state index contributed by atoms with van der Waals surface area (Å²) in [6.45, 7) is 13.5. The number of hydrogen-bond donors (Lipinski definition) is 1. The molecule has 8 nitrogen and oxygen atoms in total. The third-order valence-electron chi connectivity index (χ3n) is 6.30. The number of nitrogens with one attached hydrogen (secondary N) is 1. The van der Waals surface area contributed by atoms with E-state index in [0.717, 1.165) is 41.0 Å². The molecule has 4 rings (SSSR count). The number of anilines is 1. The van der Waals surface area contributed by atoms with Crippen LogP contribution in [0.3, 0.4) is 0 Å². The molecule has 0 aliphatic heterocycles. The highest BCUT2D eigenvalue weighted by molar-refractivity contribution is 7.99. The molecule has 39 heavy (non-hydrogen) atoms. The molecule has 0 saturated carbocycles. The maximum absolute atomic E-state index is 13.0. The standard InChI is InChI=1S/C29H36N4O4S2/c1-6-14-33-26(20-9-11-21(12-10-20)37-16-18(3)4)31-32-29(33)38-17-24(34)30-27-25(28(35)36-7-2)22-13-8-19(5)15-23(22)39-27/h6,9-12,18-19H,1,7-8,13-17H2,2-5H3,(H,30,34). The van der Waals surface area contributed by atoms with Crippen molar-refractivity contribution >= 4 is 40.0 Å². The zero-order valence-electron chi connectivity index (χ0n) is 23.0. The summed E-state index contributed by atoms with van der Waals surface area (Å²) in [7, 11) is 0. The third-order valence-corrected chi connectivity index (χ3v) is 8.44. The molecule has 1 aliphatic carbocycles. The molecule has 2 aromatic heterocycles. The Hall–Kier alpha value is -3.11. The Balaban J connectivity index is 1.47. The van der Waals surface area contributed by atoms with Gasteiger partial charge in [-0.15, -0.1) is 28.1 Å². The van der Waals surface area contributed by atoms with E-state index in [2.05, 4.69) is 42.9 Å². The molecule has 1 N–H and O–H groups in total. The van der Waals surface area contributed by atoms with E-state index in [-0.39, 0.29) is 24.2 Å². The van der Waals surface area contributed by atoms with Crippen LogP contribution >= 0.6 is 23.1 Å². The lowest BCUT2D eigenvalue weighted by Gasteiger charge is -2.18. The number of hydrogen-bond acceptors (Lipinski definition) is 8. The molecule has 0 bridgehead atoms. The van der Waals surface area contributed by atoms with Gasteiger partial charge in [-0.1, -0.05) is 38.6 Å². The Morgan fingerprint density at radius 2 is 2.05 bits per heavy atom. The molecule has 0 fully saturated rings. The van der Waals surface area contributed by atoms with E-state index in [1.807, 2.05) is 28.8 Å². The second kappa shape index (κ2) is 13.3. The van der Waals surface area contributed by atoms with Crippen LogP contribution in [0.15, 0.2) is 42.1 Å². The van der Waals surface area contributed by atoms with Crippen molar-refractivity contribution in [3.05, 3.63) is 52.9 Å². The largest absolute Gasteiger partial charge is 0.493 e. The first-order chi connectivity index (χ1) is 18.8. The minimum Gasteiger partial charge on any atom is -0.493 e. The summed E-state index contributed by atoms with van der Waals surface area (Å²) in [6.07, 6.45) is 4.54. The highest BCUT2D eigenvalue weighted by atomic mass is 32.2. The van der Waals surface area contributed by atoms with E-state index in [9.17, 15) is 9.59 Å². The van der Waals surface area contributed by atoms with Crippen molar-refractivity contribution in [1.82, 2.24) is 14.8 Å². The molecular formula is C29H36N4O4S2. The molecule has 1 aliphatic rings. The van der Waals surface area contributed by atoms with Crippen LogP contribution in [-0.2, 0) is 28.9 Å². The predicted molar refractivity (Wildman–Crippen MR) is 157 cm³/mol. The second-order valence-electron chi connectivity index (χ2n) is 10.0. The Labute approximate surface area is 238 Å². The van der Waals surface area contributed by atoms with E-state index in [1.165, 1.54) is 23.1 Å². The van der Waals surface area contributed by atoms with Gasteiger partial charge >= 0.3 is 5.97 Å².